The lowest BCUT2D eigenvalue weighted by Crippen LogP contribution is -2.21. The topological polar surface area (TPSA) is 97.0 Å². The molecule has 80 valence electrons. The molecule has 1 aromatic rings. The number of guanidine groups is 1. The summed E-state index contributed by atoms with van der Waals surface area (Å²) in [7, 11) is 0. The monoisotopic (exact) mass is 206 g/mol. The standard InChI is InChI=1S/C10H14N4O/c1-6-3-4-8(9(15)7(6)2)5-13-14-10(11)12/h3-5,15H,1-2H3,(H4,11,12,14). The van der Waals surface area contributed by atoms with Crippen molar-refractivity contribution in [1.29, 1.82) is 0 Å². The molecular formula is C10H14N4O. The lowest BCUT2D eigenvalue weighted by atomic mass is 10.1. The van der Waals surface area contributed by atoms with Crippen molar-refractivity contribution in [3.05, 3.63) is 28.8 Å². The number of phenolic OH excluding ortho intramolecular Hbond substituents is 1. The summed E-state index contributed by atoms with van der Waals surface area (Å²) in [5.74, 6) is 0.0825. The first kappa shape index (κ1) is 11.0. The van der Waals surface area contributed by atoms with E-state index in [1.54, 1.807) is 6.07 Å². The second-order valence-corrected chi connectivity index (χ2v) is 3.21. The molecular weight excluding hydrogens is 192 g/mol. The maximum Gasteiger partial charge on any atom is 0.211 e. The Morgan fingerprint density at radius 2 is 2.00 bits per heavy atom. The van der Waals surface area contributed by atoms with Crippen LogP contribution in [0.4, 0.5) is 0 Å². The van der Waals surface area contributed by atoms with Gasteiger partial charge in [0.1, 0.15) is 5.75 Å². The molecule has 0 unspecified atom stereocenters. The molecule has 5 N–H and O–H groups in total. The van der Waals surface area contributed by atoms with Crippen LogP contribution in [0.5, 0.6) is 5.75 Å². The van der Waals surface area contributed by atoms with Gasteiger partial charge in [0, 0.05) is 5.56 Å². The molecule has 0 radical (unpaired) electrons. The van der Waals surface area contributed by atoms with E-state index in [0.29, 0.717) is 5.56 Å². The van der Waals surface area contributed by atoms with Gasteiger partial charge in [-0.1, -0.05) is 6.07 Å². The number of hydrogen-bond donors (Lipinski definition) is 3. The molecule has 0 aromatic heterocycles. The third kappa shape index (κ3) is 2.70. The van der Waals surface area contributed by atoms with Crippen LogP contribution < -0.4 is 11.5 Å². The Kier molecular flexibility index (Phi) is 3.28. The molecule has 0 aliphatic rings. The van der Waals surface area contributed by atoms with Gasteiger partial charge in [0.2, 0.25) is 5.96 Å². The van der Waals surface area contributed by atoms with E-state index in [2.05, 4.69) is 10.2 Å². The maximum atomic E-state index is 9.74. The first-order valence-electron chi connectivity index (χ1n) is 4.43. The highest BCUT2D eigenvalue weighted by molar-refractivity contribution is 5.85. The van der Waals surface area contributed by atoms with Crippen LogP contribution in [-0.2, 0) is 0 Å². The summed E-state index contributed by atoms with van der Waals surface area (Å²) in [5.41, 5.74) is 12.6. The van der Waals surface area contributed by atoms with Crippen LogP contribution in [0, 0.1) is 13.8 Å². The highest BCUT2D eigenvalue weighted by Crippen LogP contribution is 2.23. The Morgan fingerprint density at radius 3 is 2.60 bits per heavy atom. The van der Waals surface area contributed by atoms with Gasteiger partial charge in [-0.2, -0.15) is 5.10 Å². The fourth-order valence-electron chi connectivity index (χ4n) is 1.08. The van der Waals surface area contributed by atoms with Crippen LogP contribution >= 0.6 is 0 Å². The summed E-state index contributed by atoms with van der Waals surface area (Å²) >= 11 is 0. The van der Waals surface area contributed by atoms with Gasteiger partial charge >= 0.3 is 0 Å². The molecule has 0 spiro atoms. The molecule has 0 aliphatic carbocycles. The van der Waals surface area contributed by atoms with Crippen molar-refractivity contribution in [3.8, 4) is 5.75 Å². The summed E-state index contributed by atoms with van der Waals surface area (Å²) < 4.78 is 0. The van der Waals surface area contributed by atoms with Crippen LogP contribution in [0.1, 0.15) is 16.7 Å². The summed E-state index contributed by atoms with van der Waals surface area (Å²) in [5, 5.41) is 16.8. The molecule has 0 atom stereocenters. The van der Waals surface area contributed by atoms with Gasteiger partial charge in [0.15, 0.2) is 0 Å². The second kappa shape index (κ2) is 4.45. The maximum absolute atomic E-state index is 9.74. The average Bonchev–Trinajstić information content (AvgIpc) is 2.18. The van der Waals surface area contributed by atoms with E-state index in [1.165, 1.54) is 6.21 Å². The lowest BCUT2D eigenvalue weighted by Gasteiger charge is -2.04. The lowest BCUT2D eigenvalue weighted by molar-refractivity contribution is 0.469. The molecule has 0 heterocycles. The third-order valence-corrected chi connectivity index (χ3v) is 2.10. The van der Waals surface area contributed by atoms with Crippen LogP contribution in [0.25, 0.3) is 0 Å². The third-order valence-electron chi connectivity index (χ3n) is 2.10. The fraction of sp³-hybridized carbons (Fsp3) is 0.200. The molecule has 15 heavy (non-hydrogen) atoms. The predicted octanol–water partition coefficient (Wildman–Crippen LogP) is 0.616. The summed E-state index contributed by atoms with van der Waals surface area (Å²) in [6, 6.07) is 3.65. The Morgan fingerprint density at radius 1 is 1.33 bits per heavy atom. The summed E-state index contributed by atoms with van der Waals surface area (Å²) in [6.45, 7) is 3.76. The zero-order valence-electron chi connectivity index (χ0n) is 8.73. The van der Waals surface area contributed by atoms with Crippen molar-refractivity contribution in [2.24, 2.45) is 21.7 Å². The van der Waals surface area contributed by atoms with Gasteiger partial charge in [-0.25, -0.2) is 0 Å². The van der Waals surface area contributed by atoms with Gasteiger partial charge in [0.05, 0.1) is 6.21 Å². The van der Waals surface area contributed by atoms with E-state index in [-0.39, 0.29) is 11.7 Å². The van der Waals surface area contributed by atoms with E-state index in [1.807, 2.05) is 19.9 Å². The Hall–Kier alpha value is -2.04. The Balaban J connectivity index is 3.02. The van der Waals surface area contributed by atoms with E-state index in [0.717, 1.165) is 11.1 Å². The SMILES string of the molecule is Cc1ccc(C=NN=C(N)N)c(O)c1C. The van der Waals surface area contributed by atoms with Crippen molar-refractivity contribution in [2.75, 3.05) is 0 Å². The molecule has 5 nitrogen and oxygen atoms in total. The largest absolute Gasteiger partial charge is 0.507 e. The van der Waals surface area contributed by atoms with Gasteiger partial charge in [-0.15, -0.1) is 5.10 Å². The first-order valence-corrected chi connectivity index (χ1v) is 4.43. The first-order chi connectivity index (χ1) is 7.02. The Labute approximate surface area is 88.1 Å². The molecule has 0 amide bonds. The highest BCUT2D eigenvalue weighted by atomic mass is 16.3. The minimum Gasteiger partial charge on any atom is -0.507 e. The second-order valence-electron chi connectivity index (χ2n) is 3.21. The summed E-state index contributed by atoms with van der Waals surface area (Å²) in [4.78, 5) is 0. The van der Waals surface area contributed by atoms with Crippen LogP contribution in [-0.4, -0.2) is 17.3 Å². The van der Waals surface area contributed by atoms with Gasteiger partial charge in [-0.05, 0) is 31.0 Å². The van der Waals surface area contributed by atoms with Gasteiger partial charge in [0.25, 0.3) is 0 Å². The number of nitrogens with two attached hydrogens (primary N) is 2. The normalized spacial score (nSPS) is 10.5. The van der Waals surface area contributed by atoms with Crippen LogP contribution in [0.15, 0.2) is 22.3 Å². The number of nitrogens with zero attached hydrogens (tertiary/aromatic N) is 2. The van der Waals surface area contributed by atoms with Gasteiger partial charge < -0.3 is 16.6 Å². The highest BCUT2D eigenvalue weighted by Gasteiger charge is 2.03. The minimum absolute atomic E-state index is 0.116. The number of phenols is 1. The minimum atomic E-state index is -0.116. The zero-order valence-corrected chi connectivity index (χ0v) is 8.73. The Bertz CT molecular complexity index is 420. The fourth-order valence-corrected chi connectivity index (χ4v) is 1.08. The van der Waals surface area contributed by atoms with Gasteiger partial charge in [-0.3, -0.25) is 0 Å². The molecule has 0 aliphatic heterocycles. The van der Waals surface area contributed by atoms with Crippen molar-refractivity contribution in [1.82, 2.24) is 0 Å². The predicted molar refractivity (Wildman–Crippen MR) is 61.0 cm³/mol. The van der Waals surface area contributed by atoms with E-state index in [9.17, 15) is 5.11 Å². The van der Waals surface area contributed by atoms with Crippen molar-refractivity contribution in [2.45, 2.75) is 13.8 Å². The van der Waals surface area contributed by atoms with E-state index in [4.69, 9.17) is 11.5 Å². The molecule has 0 bridgehead atoms. The molecule has 5 heteroatoms. The van der Waals surface area contributed by atoms with E-state index < -0.39 is 0 Å². The zero-order chi connectivity index (χ0) is 11.4. The molecule has 0 saturated carbocycles. The quantitative estimate of drug-likeness (QED) is 0.376. The smallest absolute Gasteiger partial charge is 0.211 e. The number of rotatable bonds is 2. The average molecular weight is 206 g/mol. The summed E-state index contributed by atoms with van der Waals surface area (Å²) in [6.07, 6.45) is 1.40. The molecule has 1 aromatic carbocycles. The number of benzene rings is 1. The number of aryl methyl sites for hydroxylation is 1. The van der Waals surface area contributed by atoms with Crippen LogP contribution in [0.3, 0.4) is 0 Å². The van der Waals surface area contributed by atoms with Crippen molar-refractivity contribution >= 4 is 12.2 Å². The molecule has 0 fully saturated rings. The number of aromatic hydroxyl groups is 1. The molecule has 0 saturated heterocycles. The molecule has 1 rings (SSSR count). The van der Waals surface area contributed by atoms with Crippen LogP contribution in [0.2, 0.25) is 0 Å². The van der Waals surface area contributed by atoms with Crippen molar-refractivity contribution < 1.29 is 5.11 Å². The van der Waals surface area contributed by atoms with Crippen molar-refractivity contribution in [3.63, 3.8) is 0 Å². The van der Waals surface area contributed by atoms with E-state index >= 15 is 0 Å². The number of hydrogen-bond acceptors (Lipinski definition) is 3.